The van der Waals surface area contributed by atoms with Crippen LogP contribution in [0.3, 0.4) is 0 Å². The summed E-state index contributed by atoms with van der Waals surface area (Å²) in [4.78, 5) is 12.0. The van der Waals surface area contributed by atoms with Crippen molar-refractivity contribution in [3.05, 3.63) is 81.7 Å². The van der Waals surface area contributed by atoms with Gasteiger partial charge in [-0.25, -0.2) is 5.43 Å². The highest BCUT2D eigenvalue weighted by Crippen LogP contribution is 2.15. The summed E-state index contributed by atoms with van der Waals surface area (Å²) in [6.45, 7) is 0. The van der Waals surface area contributed by atoms with Gasteiger partial charge in [0.15, 0.2) is 0 Å². The molecule has 1 amide bonds. The number of para-hydroxylation sites is 1. The molecule has 6 heteroatoms. The maximum absolute atomic E-state index is 12.0. The van der Waals surface area contributed by atoms with Crippen LogP contribution in [-0.2, 0) is 0 Å². The van der Waals surface area contributed by atoms with Crippen LogP contribution in [0.5, 0.6) is 5.75 Å². The first-order valence-corrected chi connectivity index (χ1v) is 8.28. The van der Waals surface area contributed by atoms with Crippen LogP contribution in [0.1, 0.15) is 16.1 Å². The number of hydrogen-bond acceptors (Lipinski definition) is 3. The maximum Gasteiger partial charge on any atom is 0.275 e. The van der Waals surface area contributed by atoms with E-state index in [-0.39, 0.29) is 11.3 Å². The minimum Gasteiger partial charge on any atom is -0.507 e. The van der Waals surface area contributed by atoms with E-state index < -0.39 is 5.91 Å². The second-order valence-electron chi connectivity index (χ2n) is 5.00. The van der Waals surface area contributed by atoms with Crippen molar-refractivity contribution in [2.24, 2.45) is 5.10 Å². The van der Waals surface area contributed by atoms with Gasteiger partial charge in [-0.15, -0.1) is 0 Å². The lowest BCUT2D eigenvalue weighted by molar-refractivity contribution is 0.0952. The third-order valence-corrected chi connectivity index (χ3v) is 4.12. The van der Waals surface area contributed by atoms with Gasteiger partial charge in [0.05, 0.1) is 17.5 Å². The predicted molar refractivity (Wildman–Crippen MR) is 102 cm³/mol. The molecule has 24 heavy (non-hydrogen) atoms. The van der Waals surface area contributed by atoms with Gasteiger partial charge in [0.2, 0.25) is 0 Å². The monoisotopic (exact) mass is 431 g/mol. The largest absolute Gasteiger partial charge is 0.507 e. The summed E-state index contributed by atoms with van der Waals surface area (Å²) in [5.74, 6) is -0.538. The molecule has 0 spiro atoms. The number of benzene rings is 2. The Hall–Kier alpha value is -2.61. The Morgan fingerprint density at radius 3 is 2.58 bits per heavy atom. The fraction of sp³-hybridized carbons (Fsp3) is 0. The quantitative estimate of drug-likeness (QED) is 0.377. The van der Waals surface area contributed by atoms with Gasteiger partial charge >= 0.3 is 0 Å². The van der Waals surface area contributed by atoms with Gasteiger partial charge in [-0.3, -0.25) is 4.79 Å². The van der Waals surface area contributed by atoms with Crippen LogP contribution in [0.4, 0.5) is 0 Å². The fourth-order valence-electron chi connectivity index (χ4n) is 2.22. The number of carbonyl (C=O) groups excluding carboxylic acids is 1. The SMILES string of the molecule is O=C(N/N=C/c1cccn1-c1ccc(I)cc1)c1ccccc1O. The number of aromatic nitrogens is 1. The van der Waals surface area contributed by atoms with Crippen molar-refractivity contribution in [3.8, 4) is 11.4 Å². The lowest BCUT2D eigenvalue weighted by Crippen LogP contribution is -2.17. The van der Waals surface area contributed by atoms with Gasteiger partial charge < -0.3 is 9.67 Å². The third kappa shape index (κ3) is 3.65. The summed E-state index contributed by atoms with van der Waals surface area (Å²) >= 11 is 2.26. The molecule has 3 rings (SSSR count). The first-order chi connectivity index (χ1) is 11.6. The van der Waals surface area contributed by atoms with E-state index in [4.69, 9.17) is 0 Å². The molecule has 3 aromatic rings. The average molecular weight is 431 g/mol. The molecule has 0 bridgehead atoms. The summed E-state index contributed by atoms with van der Waals surface area (Å²) < 4.78 is 3.12. The smallest absolute Gasteiger partial charge is 0.275 e. The molecule has 2 aromatic carbocycles. The minimum atomic E-state index is -0.461. The van der Waals surface area contributed by atoms with E-state index in [1.54, 1.807) is 18.3 Å². The van der Waals surface area contributed by atoms with Crippen molar-refractivity contribution in [1.82, 2.24) is 9.99 Å². The minimum absolute atomic E-state index is 0.0764. The highest BCUT2D eigenvalue weighted by atomic mass is 127. The molecule has 0 saturated carbocycles. The van der Waals surface area contributed by atoms with Crippen LogP contribution in [-0.4, -0.2) is 21.8 Å². The third-order valence-electron chi connectivity index (χ3n) is 3.40. The van der Waals surface area contributed by atoms with Gasteiger partial charge in [-0.05, 0) is 71.1 Å². The van der Waals surface area contributed by atoms with Crippen LogP contribution in [0.2, 0.25) is 0 Å². The molecule has 0 unspecified atom stereocenters. The Kier molecular flexibility index (Phi) is 4.95. The summed E-state index contributed by atoms with van der Waals surface area (Å²) in [6.07, 6.45) is 3.49. The number of phenolic OH excluding ortho intramolecular Hbond substituents is 1. The molecule has 1 heterocycles. The topological polar surface area (TPSA) is 66.6 Å². The normalized spacial score (nSPS) is 10.9. The molecule has 0 radical (unpaired) electrons. The molecule has 2 N–H and O–H groups in total. The molecule has 0 aliphatic carbocycles. The molecule has 0 fully saturated rings. The number of nitrogens with zero attached hydrogens (tertiary/aromatic N) is 2. The second kappa shape index (κ2) is 7.31. The fourth-order valence-corrected chi connectivity index (χ4v) is 2.58. The van der Waals surface area contributed by atoms with E-state index in [2.05, 4.69) is 33.1 Å². The molecule has 0 atom stereocenters. The molecule has 120 valence electrons. The molecule has 1 aromatic heterocycles. The molecular formula is C18H14IN3O2. The van der Waals surface area contributed by atoms with E-state index in [0.29, 0.717) is 0 Å². The standard InChI is InChI=1S/C18H14IN3O2/c19-13-7-9-14(10-8-13)22-11-3-4-15(22)12-20-21-18(24)16-5-1-2-6-17(16)23/h1-12,23H,(H,21,24)/b20-12+. The number of aromatic hydroxyl groups is 1. The molecule has 0 aliphatic heterocycles. The van der Waals surface area contributed by atoms with E-state index in [1.807, 2.05) is 47.2 Å². The number of hydrogen-bond donors (Lipinski definition) is 2. The van der Waals surface area contributed by atoms with Crippen molar-refractivity contribution in [2.45, 2.75) is 0 Å². The van der Waals surface area contributed by atoms with E-state index in [1.165, 1.54) is 12.1 Å². The zero-order chi connectivity index (χ0) is 16.9. The van der Waals surface area contributed by atoms with E-state index in [9.17, 15) is 9.90 Å². The maximum atomic E-state index is 12.0. The Labute approximate surface area is 152 Å². The van der Waals surface area contributed by atoms with E-state index in [0.717, 1.165) is 15.0 Å². The highest BCUT2D eigenvalue weighted by Gasteiger charge is 2.08. The number of halogens is 1. The van der Waals surface area contributed by atoms with Crippen molar-refractivity contribution in [2.75, 3.05) is 0 Å². The molecule has 0 aliphatic rings. The Balaban J connectivity index is 1.74. The summed E-state index contributed by atoms with van der Waals surface area (Å²) in [5.41, 5.74) is 4.44. The zero-order valence-corrected chi connectivity index (χ0v) is 14.7. The van der Waals surface area contributed by atoms with Crippen LogP contribution >= 0.6 is 22.6 Å². The van der Waals surface area contributed by atoms with Gasteiger partial charge in [0.1, 0.15) is 5.75 Å². The van der Waals surface area contributed by atoms with Crippen molar-refractivity contribution >= 4 is 34.7 Å². The summed E-state index contributed by atoms with van der Waals surface area (Å²) in [7, 11) is 0. The van der Waals surface area contributed by atoms with Gasteiger partial charge in [-0.1, -0.05) is 12.1 Å². The molecular weight excluding hydrogens is 417 g/mol. The summed E-state index contributed by atoms with van der Waals surface area (Å²) in [5, 5.41) is 13.6. The summed E-state index contributed by atoms with van der Waals surface area (Å²) in [6, 6.07) is 18.2. The van der Waals surface area contributed by atoms with Crippen LogP contribution in [0.15, 0.2) is 72.0 Å². The molecule has 5 nitrogen and oxygen atoms in total. The predicted octanol–water partition coefficient (Wildman–Crippen LogP) is 3.55. The first kappa shape index (κ1) is 16.3. The van der Waals surface area contributed by atoms with Crippen molar-refractivity contribution in [3.63, 3.8) is 0 Å². The Bertz CT molecular complexity index is 885. The Morgan fingerprint density at radius 2 is 1.83 bits per heavy atom. The first-order valence-electron chi connectivity index (χ1n) is 7.20. The van der Waals surface area contributed by atoms with Gasteiger partial charge in [-0.2, -0.15) is 5.10 Å². The van der Waals surface area contributed by atoms with Crippen LogP contribution < -0.4 is 5.43 Å². The molecule has 0 saturated heterocycles. The highest BCUT2D eigenvalue weighted by molar-refractivity contribution is 14.1. The van der Waals surface area contributed by atoms with Crippen LogP contribution in [0.25, 0.3) is 5.69 Å². The van der Waals surface area contributed by atoms with Gasteiger partial charge in [0, 0.05) is 15.5 Å². The van der Waals surface area contributed by atoms with Crippen molar-refractivity contribution in [1.29, 1.82) is 0 Å². The Morgan fingerprint density at radius 1 is 1.08 bits per heavy atom. The number of nitrogens with one attached hydrogen (secondary N) is 1. The van der Waals surface area contributed by atoms with Crippen molar-refractivity contribution < 1.29 is 9.90 Å². The second-order valence-corrected chi connectivity index (χ2v) is 6.24. The van der Waals surface area contributed by atoms with Gasteiger partial charge in [0.25, 0.3) is 5.91 Å². The lowest BCUT2D eigenvalue weighted by atomic mass is 10.2. The average Bonchev–Trinajstić information content (AvgIpc) is 3.04. The number of rotatable bonds is 4. The van der Waals surface area contributed by atoms with Crippen LogP contribution in [0, 0.1) is 3.57 Å². The number of phenols is 1. The number of hydrazone groups is 1. The van der Waals surface area contributed by atoms with E-state index >= 15 is 0 Å². The zero-order valence-electron chi connectivity index (χ0n) is 12.6. The lowest BCUT2D eigenvalue weighted by Gasteiger charge is -2.06. The number of amides is 1. The number of carbonyl (C=O) groups is 1.